The Morgan fingerprint density at radius 3 is 2.64 bits per heavy atom. The standard InChI is InChI=1S/C29H34F2N4O7.H2/c1-5-6-24(36)40-15-41-27-25-29(39)34-14-22(23(10-7-17(34)4)42-33-16(2)3)35(25)13-20(26(27)37)28(38)32-12-18-8-9-19(30)11-21(18)31;/h8-9,11,13,17,22-23H,5-7,10,12,14-15H2,1-4H3,(H,32,38);1H/t17-,22+,23+;/m0./s1. The number of hydrogen-bond acceptors (Lipinski definition) is 8. The number of nitrogens with one attached hydrogen (secondary N) is 1. The molecule has 0 unspecified atom stereocenters. The van der Waals surface area contributed by atoms with Crippen LogP contribution in [-0.4, -0.2) is 58.4 Å². The number of rotatable bonds is 10. The Morgan fingerprint density at radius 2 is 1.95 bits per heavy atom. The van der Waals surface area contributed by atoms with Crippen LogP contribution in [0.3, 0.4) is 0 Å². The van der Waals surface area contributed by atoms with Crippen molar-refractivity contribution in [2.45, 2.75) is 78.1 Å². The van der Waals surface area contributed by atoms with E-state index in [1.807, 2.05) is 6.92 Å². The van der Waals surface area contributed by atoms with E-state index in [1.165, 1.54) is 16.8 Å². The van der Waals surface area contributed by atoms with Crippen molar-refractivity contribution in [3.63, 3.8) is 0 Å². The number of oxime groups is 1. The zero-order chi connectivity index (χ0) is 30.6. The number of nitrogens with zero attached hydrogens (tertiary/aromatic N) is 3. The molecule has 1 aromatic heterocycles. The molecule has 42 heavy (non-hydrogen) atoms. The minimum absolute atomic E-state index is 0. The molecular formula is C29H36F2N4O7. The minimum Gasteiger partial charge on any atom is -0.451 e. The average Bonchev–Trinajstić information content (AvgIpc) is 3.08. The first-order chi connectivity index (χ1) is 20.0. The summed E-state index contributed by atoms with van der Waals surface area (Å²) in [5.41, 5.74) is -0.716. The number of aromatic nitrogens is 1. The Bertz CT molecular complexity index is 1460. The fourth-order valence-corrected chi connectivity index (χ4v) is 4.98. The molecule has 2 amide bonds. The summed E-state index contributed by atoms with van der Waals surface area (Å²) in [5.74, 6) is -4.00. The van der Waals surface area contributed by atoms with Gasteiger partial charge in [-0.05, 0) is 46.1 Å². The number of amides is 2. The van der Waals surface area contributed by atoms with Gasteiger partial charge in [0.15, 0.2) is 5.69 Å². The van der Waals surface area contributed by atoms with E-state index < -0.39 is 59.5 Å². The van der Waals surface area contributed by atoms with E-state index in [0.717, 1.165) is 6.07 Å². The Labute approximate surface area is 242 Å². The highest BCUT2D eigenvalue weighted by atomic mass is 19.1. The van der Waals surface area contributed by atoms with Crippen molar-refractivity contribution < 1.29 is 38.9 Å². The van der Waals surface area contributed by atoms with Crippen molar-refractivity contribution in [2.24, 2.45) is 5.16 Å². The van der Waals surface area contributed by atoms with Crippen molar-refractivity contribution in [3.05, 3.63) is 63.1 Å². The number of fused-ring (bicyclic) bond motifs is 4. The number of ether oxygens (including phenoxy) is 2. The Hall–Kier alpha value is -4.29. The van der Waals surface area contributed by atoms with E-state index >= 15 is 0 Å². The third-order valence-corrected chi connectivity index (χ3v) is 7.17. The van der Waals surface area contributed by atoms with Crippen LogP contribution in [0.25, 0.3) is 0 Å². The van der Waals surface area contributed by atoms with E-state index in [4.69, 9.17) is 14.3 Å². The number of hydrogen-bond donors (Lipinski definition) is 1. The second-order valence-electron chi connectivity index (χ2n) is 10.5. The number of esters is 1. The van der Waals surface area contributed by atoms with Gasteiger partial charge in [0.1, 0.15) is 23.3 Å². The number of benzene rings is 1. The summed E-state index contributed by atoms with van der Waals surface area (Å²) in [6, 6.07) is 2.19. The highest BCUT2D eigenvalue weighted by Gasteiger charge is 2.44. The third kappa shape index (κ3) is 6.60. The third-order valence-electron chi connectivity index (χ3n) is 7.17. The quantitative estimate of drug-likeness (QED) is 0.192. The number of carbonyl (C=O) groups excluding carboxylic acids is 3. The van der Waals surface area contributed by atoms with Gasteiger partial charge >= 0.3 is 5.97 Å². The van der Waals surface area contributed by atoms with Crippen LogP contribution >= 0.6 is 0 Å². The lowest BCUT2D eigenvalue weighted by Crippen LogP contribution is -2.49. The molecule has 2 aliphatic heterocycles. The summed E-state index contributed by atoms with van der Waals surface area (Å²) >= 11 is 0. The summed E-state index contributed by atoms with van der Waals surface area (Å²) in [5, 5.41) is 6.60. The van der Waals surface area contributed by atoms with Gasteiger partial charge < -0.3 is 29.1 Å². The van der Waals surface area contributed by atoms with Crippen LogP contribution in [0.15, 0.2) is 34.3 Å². The number of carbonyl (C=O) groups is 3. The molecule has 13 heteroatoms. The molecule has 11 nitrogen and oxygen atoms in total. The lowest BCUT2D eigenvalue weighted by atomic mass is 10.0. The fraction of sp³-hybridized carbons (Fsp3) is 0.483. The molecule has 1 N–H and O–H groups in total. The van der Waals surface area contributed by atoms with Crippen LogP contribution in [0.2, 0.25) is 0 Å². The molecule has 2 aromatic rings. The van der Waals surface area contributed by atoms with E-state index in [-0.39, 0.29) is 43.8 Å². The second-order valence-corrected chi connectivity index (χ2v) is 10.5. The maximum atomic E-state index is 14.2. The van der Waals surface area contributed by atoms with Crippen LogP contribution < -0.4 is 15.5 Å². The van der Waals surface area contributed by atoms with Crippen molar-refractivity contribution in [1.29, 1.82) is 0 Å². The van der Waals surface area contributed by atoms with Crippen LogP contribution in [0.5, 0.6) is 5.75 Å². The molecule has 1 saturated heterocycles. The van der Waals surface area contributed by atoms with Gasteiger partial charge in [0, 0.05) is 44.8 Å². The predicted molar refractivity (Wildman–Crippen MR) is 149 cm³/mol. The number of pyridine rings is 1. The first kappa shape index (κ1) is 30.7. The van der Waals surface area contributed by atoms with Gasteiger partial charge in [0.2, 0.25) is 18.0 Å². The predicted octanol–water partition coefficient (Wildman–Crippen LogP) is 3.94. The van der Waals surface area contributed by atoms with Gasteiger partial charge in [-0.2, -0.15) is 0 Å². The molecule has 3 atom stereocenters. The summed E-state index contributed by atoms with van der Waals surface area (Å²) < 4.78 is 39.7. The maximum Gasteiger partial charge on any atom is 0.308 e. The Kier molecular flexibility index (Phi) is 9.59. The monoisotopic (exact) mass is 590 g/mol. The molecule has 0 saturated carbocycles. The van der Waals surface area contributed by atoms with Gasteiger partial charge in [-0.15, -0.1) is 0 Å². The molecule has 4 rings (SSSR count). The lowest BCUT2D eigenvalue weighted by Gasteiger charge is -2.38. The maximum absolute atomic E-state index is 14.2. The molecule has 1 fully saturated rings. The summed E-state index contributed by atoms with van der Waals surface area (Å²) in [7, 11) is 0. The van der Waals surface area contributed by atoms with E-state index in [9.17, 15) is 28.0 Å². The average molecular weight is 591 g/mol. The number of halogens is 2. The molecule has 3 heterocycles. The molecule has 0 radical (unpaired) electrons. The van der Waals surface area contributed by atoms with Crippen LogP contribution in [-0.2, 0) is 20.9 Å². The van der Waals surface area contributed by atoms with Gasteiger partial charge in [0.05, 0.1) is 11.8 Å². The van der Waals surface area contributed by atoms with Crippen LogP contribution in [0.4, 0.5) is 8.78 Å². The summed E-state index contributed by atoms with van der Waals surface area (Å²) in [6.07, 6.45) is 2.56. The van der Waals surface area contributed by atoms with Crippen molar-refractivity contribution >= 4 is 23.5 Å². The highest BCUT2D eigenvalue weighted by molar-refractivity contribution is 5.99. The highest BCUT2D eigenvalue weighted by Crippen LogP contribution is 2.36. The largest absolute Gasteiger partial charge is 0.451 e. The van der Waals surface area contributed by atoms with Crippen molar-refractivity contribution in [1.82, 2.24) is 14.8 Å². The molecule has 2 bridgehead atoms. The zero-order valence-electron chi connectivity index (χ0n) is 23.9. The summed E-state index contributed by atoms with van der Waals surface area (Å²) in [4.78, 5) is 60.1. The molecule has 228 valence electrons. The van der Waals surface area contributed by atoms with Crippen LogP contribution in [0.1, 0.15) is 87.3 Å². The SMILES string of the molecule is CCCC(=O)OCOc1c2n(cc(C(=O)NCc3ccc(F)cc3F)c1=O)[C@@H]1CN(C2=O)[C@@H](C)CC[C@H]1ON=C(C)C.[HH]. The van der Waals surface area contributed by atoms with E-state index in [1.54, 1.807) is 25.7 Å². The topological polar surface area (TPSA) is 129 Å². The molecule has 0 spiro atoms. The van der Waals surface area contributed by atoms with E-state index in [0.29, 0.717) is 31.0 Å². The smallest absolute Gasteiger partial charge is 0.308 e. The van der Waals surface area contributed by atoms with E-state index in [2.05, 4.69) is 10.5 Å². The van der Waals surface area contributed by atoms with Crippen molar-refractivity contribution in [3.8, 4) is 5.75 Å². The zero-order valence-corrected chi connectivity index (χ0v) is 23.9. The molecular weight excluding hydrogens is 554 g/mol. The minimum atomic E-state index is -0.911. The second kappa shape index (κ2) is 13.1. The van der Waals surface area contributed by atoms with Gasteiger partial charge in [-0.25, -0.2) is 8.78 Å². The summed E-state index contributed by atoms with van der Waals surface area (Å²) in [6.45, 7) is 6.48. The first-order valence-corrected chi connectivity index (χ1v) is 13.8. The van der Waals surface area contributed by atoms with Crippen LogP contribution in [0, 0.1) is 11.6 Å². The Morgan fingerprint density at radius 1 is 1.19 bits per heavy atom. The van der Waals surface area contributed by atoms with Gasteiger partial charge in [-0.3, -0.25) is 19.2 Å². The van der Waals surface area contributed by atoms with Crippen molar-refractivity contribution in [2.75, 3.05) is 13.3 Å². The fourth-order valence-electron chi connectivity index (χ4n) is 4.98. The molecule has 2 aliphatic rings. The molecule has 1 aromatic carbocycles. The van der Waals surface area contributed by atoms with Gasteiger partial charge in [-0.1, -0.05) is 18.1 Å². The van der Waals surface area contributed by atoms with Gasteiger partial charge in [0.25, 0.3) is 11.8 Å². The normalized spacial score (nSPS) is 19.3. The Balaban J connectivity index is 0.00000506. The molecule has 0 aliphatic carbocycles. The lowest BCUT2D eigenvalue weighted by molar-refractivity contribution is -0.150. The first-order valence-electron chi connectivity index (χ1n) is 13.8.